The highest BCUT2D eigenvalue weighted by molar-refractivity contribution is 5.78. The molecule has 0 fully saturated rings. The summed E-state index contributed by atoms with van der Waals surface area (Å²) < 4.78 is 0. The molecule has 104 valence electrons. The Morgan fingerprint density at radius 2 is 1.60 bits per heavy atom. The standard InChI is InChI=1S/C17H19NO2/c1-2-18(15-11-7-4-8-12-15)16(17(19)20)13-14-9-5-3-6-10-14/h3-12,16H,2,13H2,1H3,(H,19,20)/t16-/m0/s1. The lowest BCUT2D eigenvalue weighted by Crippen LogP contribution is -2.42. The Hall–Kier alpha value is -2.29. The lowest BCUT2D eigenvalue weighted by molar-refractivity contribution is -0.138. The molecule has 0 aliphatic carbocycles. The molecule has 1 N–H and O–H groups in total. The summed E-state index contributed by atoms with van der Waals surface area (Å²) in [7, 11) is 0. The normalized spacial score (nSPS) is 11.8. The van der Waals surface area contributed by atoms with E-state index in [4.69, 9.17) is 0 Å². The molecule has 0 heterocycles. The number of rotatable bonds is 6. The van der Waals surface area contributed by atoms with Gasteiger partial charge in [0, 0.05) is 18.7 Å². The second kappa shape index (κ2) is 6.75. The van der Waals surface area contributed by atoms with E-state index in [1.807, 2.05) is 72.5 Å². The predicted octanol–water partition coefficient (Wildman–Crippen LogP) is 3.21. The van der Waals surface area contributed by atoms with Crippen LogP contribution in [0, 0.1) is 0 Å². The maximum absolute atomic E-state index is 11.6. The molecular weight excluding hydrogens is 250 g/mol. The van der Waals surface area contributed by atoms with Crippen LogP contribution in [0.1, 0.15) is 12.5 Å². The molecule has 0 radical (unpaired) electrons. The van der Waals surface area contributed by atoms with Crippen LogP contribution in [0.4, 0.5) is 5.69 Å². The Labute approximate surface area is 119 Å². The van der Waals surface area contributed by atoms with E-state index in [9.17, 15) is 9.90 Å². The van der Waals surface area contributed by atoms with Crippen LogP contribution in [0.2, 0.25) is 0 Å². The van der Waals surface area contributed by atoms with Gasteiger partial charge in [-0.2, -0.15) is 0 Å². The number of aliphatic carboxylic acids is 1. The van der Waals surface area contributed by atoms with Gasteiger partial charge in [0.1, 0.15) is 6.04 Å². The van der Waals surface area contributed by atoms with Gasteiger partial charge in [-0.15, -0.1) is 0 Å². The largest absolute Gasteiger partial charge is 0.480 e. The molecule has 1 atom stereocenters. The Kier molecular flexibility index (Phi) is 4.77. The van der Waals surface area contributed by atoms with Crippen LogP contribution in [0.15, 0.2) is 60.7 Å². The van der Waals surface area contributed by atoms with E-state index >= 15 is 0 Å². The van der Waals surface area contributed by atoms with Crippen molar-refractivity contribution in [2.24, 2.45) is 0 Å². The molecule has 0 amide bonds. The van der Waals surface area contributed by atoms with Gasteiger partial charge in [0.05, 0.1) is 0 Å². The first-order valence-electron chi connectivity index (χ1n) is 6.80. The average Bonchev–Trinajstić information content (AvgIpc) is 2.49. The molecule has 20 heavy (non-hydrogen) atoms. The van der Waals surface area contributed by atoms with Crippen LogP contribution in [0.25, 0.3) is 0 Å². The summed E-state index contributed by atoms with van der Waals surface area (Å²) >= 11 is 0. The Morgan fingerprint density at radius 3 is 2.10 bits per heavy atom. The molecule has 0 saturated carbocycles. The number of anilines is 1. The topological polar surface area (TPSA) is 40.5 Å². The highest BCUT2D eigenvalue weighted by Gasteiger charge is 2.24. The SMILES string of the molecule is CCN(c1ccccc1)[C@@H](Cc1ccccc1)C(=O)O. The third kappa shape index (κ3) is 3.38. The van der Waals surface area contributed by atoms with Crippen molar-refractivity contribution in [1.82, 2.24) is 0 Å². The van der Waals surface area contributed by atoms with Gasteiger partial charge < -0.3 is 10.0 Å². The molecule has 2 aromatic carbocycles. The Bertz CT molecular complexity index is 539. The third-order valence-corrected chi connectivity index (χ3v) is 3.36. The van der Waals surface area contributed by atoms with Crippen LogP contribution < -0.4 is 4.90 Å². The molecule has 3 nitrogen and oxygen atoms in total. The third-order valence-electron chi connectivity index (χ3n) is 3.36. The van der Waals surface area contributed by atoms with E-state index < -0.39 is 12.0 Å². The first-order chi connectivity index (χ1) is 9.72. The number of benzene rings is 2. The van der Waals surface area contributed by atoms with Gasteiger partial charge in [-0.3, -0.25) is 0 Å². The number of para-hydroxylation sites is 1. The van der Waals surface area contributed by atoms with E-state index in [1.165, 1.54) is 0 Å². The molecule has 2 aromatic rings. The van der Waals surface area contributed by atoms with Gasteiger partial charge in [-0.1, -0.05) is 48.5 Å². The minimum absolute atomic E-state index is 0.499. The van der Waals surface area contributed by atoms with E-state index in [1.54, 1.807) is 0 Å². The molecule has 0 saturated heterocycles. The fraction of sp³-hybridized carbons (Fsp3) is 0.235. The van der Waals surface area contributed by atoms with Crippen LogP contribution >= 0.6 is 0 Å². The van der Waals surface area contributed by atoms with Crippen LogP contribution in [0.5, 0.6) is 0 Å². The zero-order chi connectivity index (χ0) is 14.4. The van der Waals surface area contributed by atoms with Crippen molar-refractivity contribution in [2.75, 3.05) is 11.4 Å². The van der Waals surface area contributed by atoms with Gasteiger partial charge in [0.15, 0.2) is 0 Å². The van der Waals surface area contributed by atoms with Crippen molar-refractivity contribution < 1.29 is 9.90 Å². The zero-order valence-electron chi connectivity index (χ0n) is 11.6. The molecule has 0 spiro atoms. The second-order valence-electron chi connectivity index (χ2n) is 4.67. The summed E-state index contributed by atoms with van der Waals surface area (Å²) in [6, 6.07) is 18.9. The summed E-state index contributed by atoms with van der Waals surface area (Å²) in [4.78, 5) is 13.6. The molecule has 3 heteroatoms. The first-order valence-corrected chi connectivity index (χ1v) is 6.80. The lowest BCUT2D eigenvalue weighted by Gasteiger charge is -2.30. The first kappa shape index (κ1) is 14.1. The molecular formula is C17H19NO2. The number of nitrogens with zero attached hydrogens (tertiary/aromatic N) is 1. The van der Waals surface area contributed by atoms with Crippen molar-refractivity contribution in [3.8, 4) is 0 Å². The maximum Gasteiger partial charge on any atom is 0.326 e. The van der Waals surface area contributed by atoms with Crippen molar-refractivity contribution in [2.45, 2.75) is 19.4 Å². The number of likely N-dealkylation sites (N-methyl/N-ethyl adjacent to an activating group) is 1. The van der Waals surface area contributed by atoms with Crippen molar-refractivity contribution in [3.05, 3.63) is 66.2 Å². The highest BCUT2D eigenvalue weighted by atomic mass is 16.4. The molecule has 0 bridgehead atoms. The number of carboxylic acids is 1. The van der Waals surface area contributed by atoms with Crippen molar-refractivity contribution in [1.29, 1.82) is 0 Å². The van der Waals surface area contributed by atoms with Crippen LogP contribution in [-0.4, -0.2) is 23.7 Å². The molecule has 0 unspecified atom stereocenters. The summed E-state index contributed by atoms with van der Waals surface area (Å²) in [5.74, 6) is -0.792. The number of carboxylic acid groups (broad SMARTS) is 1. The smallest absolute Gasteiger partial charge is 0.326 e. The number of hydrogen-bond acceptors (Lipinski definition) is 2. The van der Waals surface area contributed by atoms with E-state index in [2.05, 4.69) is 0 Å². The maximum atomic E-state index is 11.6. The quantitative estimate of drug-likeness (QED) is 0.875. The second-order valence-corrected chi connectivity index (χ2v) is 4.67. The Morgan fingerprint density at radius 1 is 1.05 bits per heavy atom. The van der Waals surface area contributed by atoms with Gasteiger partial charge in [0.2, 0.25) is 0 Å². The van der Waals surface area contributed by atoms with Crippen LogP contribution in [-0.2, 0) is 11.2 Å². The molecule has 0 aromatic heterocycles. The Balaban J connectivity index is 2.25. The minimum atomic E-state index is -0.792. The number of hydrogen-bond donors (Lipinski definition) is 1. The van der Waals surface area contributed by atoms with Crippen molar-refractivity contribution in [3.63, 3.8) is 0 Å². The lowest BCUT2D eigenvalue weighted by atomic mass is 10.0. The average molecular weight is 269 g/mol. The summed E-state index contributed by atoms with van der Waals surface area (Å²) in [6.07, 6.45) is 0.499. The zero-order valence-corrected chi connectivity index (χ0v) is 11.6. The van der Waals surface area contributed by atoms with Gasteiger partial charge >= 0.3 is 5.97 Å². The number of carbonyl (C=O) groups is 1. The summed E-state index contributed by atoms with van der Waals surface area (Å²) in [5, 5.41) is 9.56. The van der Waals surface area contributed by atoms with E-state index in [-0.39, 0.29) is 0 Å². The molecule has 0 aliphatic heterocycles. The van der Waals surface area contributed by atoms with Gasteiger partial charge in [0.25, 0.3) is 0 Å². The fourth-order valence-electron chi connectivity index (χ4n) is 2.37. The van der Waals surface area contributed by atoms with Gasteiger partial charge in [-0.25, -0.2) is 4.79 Å². The molecule has 2 rings (SSSR count). The van der Waals surface area contributed by atoms with Gasteiger partial charge in [-0.05, 0) is 24.6 Å². The monoisotopic (exact) mass is 269 g/mol. The van der Waals surface area contributed by atoms with Crippen LogP contribution in [0.3, 0.4) is 0 Å². The minimum Gasteiger partial charge on any atom is -0.480 e. The summed E-state index contributed by atoms with van der Waals surface area (Å²) in [5.41, 5.74) is 1.98. The predicted molar refractivity (Wildman–Crippen MR) is 81.0 cm³/mol. The van der Waals surface area contributed by atoms with E-state index in [0.717, 1.165) is 11.3 Å². The fourth-order valence-corrected chi connectivity index (χ4v) is 2.37. The summed E-state index contributed by atoms with van der Waals surface area (Å²) in [6.45, 7) is 2.64. The molecule has 0 aliphatic rings. The van der Waals surface area contributed by atoms with Crippen molar-refractivity contribution >= 4 is 11.7 Å². The highest BCUT2D eigenvalue weighted by Crippen LogP contribution is 2.19. The van der Waals surface area contributed by atoms with E-state index in [0.29, 0.717) is 13.0 Å².